The third kappa shape index (κ3) is 4.73. The molecule has 158 valence electrons. The summed E-state index contributed by atoms with van der Waals surface area (Å²) in [6.07, 6.45) is 2.98. The van der Waals surface area contributed by atoms with Crippen molar-refractivity contribution >= 4 is 0 Å². The molecule has 31 heavy (non-hydrogen) atoms. The number of hydrogen-bond acceptors (Lipinski definition) is 4. The molecule has 1 aliphatic heterocycles. The Morgan fingerprint density at radius 1 is 1.10 bits per heavy atom. The maximum absolute atomic E-state index is 14.0. The summed E-state index contributed by atoms with van der Waals surface area (Å²) in [5, 5.41) is 12.4. The summed E-state index contributed by atoms with van der Waals surface area (Å²) in [7, 11) is 0. The lowest BCUT2D eigenvalue weighted by molar-refractivity contribution is 0.187. The van der Waals surface area contributed by atoms with Gasteiger partial charge in [-0.2, -0.15) is 5.26 Å². The van der Waals surface area contributed by atoms with E-state index in [1.807, 2.05) is 24.3 Å². The SMILES string of the molecule is N#Cc1ccc(OCC[C@@]2(Cc3ccccc3)CNC[C@H]2c2ccc(F)c(F)c2)nc1. The van der Waals surface area contributed by atoms with Gasteiger partial charge in [0.25, 0.3) is 0 Å². The fourth-order valence-electron chi connectivity index (χ4n) is 4.44. The third-order valence-electron chi connectivity index (χ3n) is 6.03. The summed E-state index contributed by atoms with van der Waals surface area (Å²) in [5.74, 6) is -1.18. The molecule has 1 fully saturated rings. The zero-order valence-electron chi connectivity index (χ0n) is 17.0. The van der Waals surface area contributed by atoms with Gasteiger partial charge in [-0.15, -0.1) is 0 Å². The van der Waals surface area contributed by atoms with Gasteiger partial charge in [0.15, 0.2) is 11.6 Å². The van der Waals surface area contributed by atoms with E-state index in [0.717, 1.165) is 18.5 Å². The molecule has 0 amide bonds. The zero-order valence-corrected chi connectivity index (χ0v) is 17.0. The van der Waals surface area contributed by atoms with Gasteiger partial charge >= 0.3 is 0 Å². The highest BCUT2D eigenvalue weighted by molar-refractivity contribution is 5.30. The Balaban J connectivity index is 1.57. The normalized spacial score (nSPS) is 20.4. The highest BCUT2D eigenvalue weighted by atomic mass is 19.2. The van der Waals surface area contributed by atoms with Gasteiger partial charge in [0.2, 0.25) is 5.88 Å². The standard InChI is InChI=1S/C25H23F2N3O/c26-22-8-7-20(12-23(22)27)21-16-29-17-25(21,13-18-4-2-1-3-5-18)10-11-31-24-9-6-19(14-28)15-30-24/h1-9,12,15,21,29H,10-11,13,16-17H2/t21-,25+/m0/s1. The number of benzene rings is 2. The molecule has 0 spiro atoms. The van der Waals surface area contributed by atoms with Gasteiger partial charge in [-0.25, -0.2) is 13.8 Å². The minimum Gasteiger partial charge on any atom is -0.478 e. The van der Waals surface area contributed by atoms with E-state index in [-0.39, 0.29) is 11.3 Å². The number of pyridine rings is 1. The van der Waals surface area contributed by atoms with Gasteiger partial charge in [-0.1, -0.05) is 36.4 Å². The summed E-state index contributed by atoms with van der Waals surface area (Å²) in [6, 6.07) is 19.8. The third-order valence-corrected chi connectivity index (χ3v) is 6.03. The molecule has 0 aliphatic carbocycles. The van der Waals surface area contributed by atoms with Crippen LogP contribution in [-0.2, 0) is 6.42 Å². The van der Waals surface area contributed by atoms with Gasteiger partial charge in [-0.05, 0) is 47.6 Å². The molecule has 0 radical (unpaired) electrons. The van der Waals surface area contributed by atoms with Gasteiger partial charge in [0.05, 0.1) is 12.2 Å². The second kappa shape index (κ2) is 9.23. The van der Waals surface area contributed by atoms with E-state index in [2.05, 4.69) is 22.4 Å². The maximum Gasteiger partial charge on any atom is 0.213 e. The number of nitrogens with one attached hydrogen (secondary N) is 1. The molecule has 0 saturated carbocycles. The largest absolute Gasteiger partial charge is 0.478 e. The topological polar surface area (TPSA) is 57.9 Å². The number of nitrogens with zero attached hydrogens (tertiary/aromatic N) is 2. The van der Waals surface area contributed by atoms with Gasteiger partial charge < -0.3 is 10.1 Å². The van der Waals surface area contributed by atoms with Gasteiger partial charge in [0.1, 0.15) is 6.07 Å². The van der Waals surface area contributed by atoms with Crippen molar-refractivity contribution in [2.75, 3.05) is 19.7 Å². The van der Waals surface area contributed by atoms with E-state index in [9.17, 15) is 8.78 Å². The van der Waals surface area contributed by atoms with Crippen molar-refractivity contribution < 1.29 is 13.5 Å². The van der Waals surface area contributed by atoms with Crippen molar-refractivity contribution in [2.24, 2.45) is 5.41 Å². The minimum absolute atomic E-state index is 0.0142. The van der Waals surface area contributed by atoms with E-state index in [4.69, 9.17) is 10.00 Å². The smallest absolute Gasteiger partial charge is 0.213 e. The Labute approximate surface area is 180 Å². The van der Waals surface area contributed by atoms with Crippen LogP contribution in [0.3, 0.4) is 0 Å². The summed E-state index contributed by atoms with van der Waals surface area (Å²) < 4.78 is 33.4. The molecule has 2 atom stereocenters. The van der Waals surface area contributed by atoms with Crippen LogP contribution in [0.1, 0.15) is 29.0 Å². The van der Waals surface area contributed by atoms with Crippen molar-refractivity contribution in [3.63, 3.8) is 0 Å². The zero-order chi connectivity index (χ0) is 21.7. The van der Waals surface area contributed by atoms with Gasteiger partial charge in [-0.3, -0.25) is 0 Å². The first kappa shape index (κ1) is 21.0. The number of hydrogen-bond donors (Lipinski definition) is 1. The predicted molar refractivity (Wildman–Crippen MR) is 114 cm³/mol. The van der Waals surface area contributed by atoms with Crippen molar-refractivity contribution in [3.8, 4) is 11.9 Å². The molecule has 4 rings (SSSR count). The molecule has 1 aromatic heterocycles. The number of aromatic nitrogens is 1. The van der Waals surface area contributed by atoms with Crippen LogP contribution in [0.2, 0.25) is 0 Å². The molecule has 0 bridgehead atoms. The van der Waals surface area contributed by atoms with Crippen LogP contribution in [0.5, 0.6) is 5.88 Å². The molecular weight excluding hydrogens is 396 g/mol. The van der Waals surface area contributed by atoms with Crippen molar-refractivity contribution in [1.82, 2.24) is 10.3 Å². The second-order valence-corrected chi connectivity index (χ2v) is 7.98. The fourth-order valence-corrected chi connectivity index (χ4v) is 4.44. The molecule has 2 aromatic carbocycles. The lowest BCUT2D eigenvalue weighted by Crippen LogP contribution is -2.33. The molecule has 2 heterocycles. The first-order chi connectivity index (χ1) is 15.1. The van der Waals surface area contributed by atoms with Crippen LogP contribution in [0.15, 0.2) is 66.9 Å². The molecule has 6 heteroatoms. The van der Waals surface area contributed by atoms with Crippen LogP contribution in [0, 0.1) is 28.4 Å². The van der Waals surface area contributed by atoms with Crippen molar-refractivity contribution in [3.05, 3.63) is 95.2 Å². The summed E-state index contributed by atoms with van der Waals surface area (Å²) >= 11 is 0. The van der Waals surface area contributed by atoms with E-state index in [1.165, 1.54) is 23.9 Å². The first-order valence-corrected chi connectivity index (χ1v) is 10.3. The van der Waals surface area contributed by atoms with E-state index >= 15 is 0 Å². The van der Waals surface area contributed by atoms with E-state index in [0.29, 0.717) is 31.0 Å². The summed E-state index contributed by atoms with van der Waals surface area (Å²) in [4.78, 5) is 4.17. The average Bonchev–Trinajstić information content (AvgIpc) is 3.20. The lowest BCUT2D eigenvalue weighted by Gasteiger charge is -2.35. The van der Waals surface area contributed by atoms with Crippen LogP contribution in [-0.4, -0.2) is 24.7 Å². The Bertz CT molecular complexity index is 1070. The summed E-state index contributed by atoms with van der Waals surface area (Å²) in [6.45, 7) is 1.86. The molecule has 3 aromatic rings. The van der Waals surface area contributed by atoms with Crippen LogP contribution < -0.4 is 10.1 Å². The first-order valence-electron chi connectivity index (χ1n) is 10.3. The predicted octanol–water partition coefficient (Wildman–Crippen LogP) is 4.62. The fraction of sp³-hybridized carbons (Fsp3) is 0.280. The number of nitriles is 1. The molecular formula is C25H23F2N3O. The quantitative estimate of drug-likeness (QED) is 0.607. The Hall–Kier alpha value is -3.30. The number of ether oxygens (including phenoxy) is 1. The second-order valence-electron chi connectivity index (χ2n) is 7.98. The molecule has 4 nitrogen and oxygen atoms in total. The molecule has 1 aliphatic rings. The molecule has 1 N–H and O–H groups in total. The minimum atomic E-state index is -0.835. The van der Waals surface area contributed by atoms with Crippen molar-refractivity contribution in [1.29, 1.82) is 5.26 Å². The van der Waals surface area contributed by atoms with E-state index in [1.54, 1.807) is 18.2 Å². The van der Waals surface area contributed by atoms with E-state index < -0.39 is 11.6 Å². The number of rotatable bonds is 7. The molecule has 1 saturated heterocycles. The van der Waals surface area contributed by atoms with Crippen LogP contribution in [0.4, 0.5) is 8.78 Å². The Morgan fingerprint density at radius 2 is 1.94 bits per heavy atom. The average molecular weight is 419 g/mol. The summed E-state index contributed by atoms with van der Waals surface area (Å²) in [5.41, 5.74) is 2.23. The maximum atomic E-state index is 14.0. The van der Waals surface area contributed by atoms with Crippen LogP contribution in [0.25, 0.3) is 0 Å². The van der Waals surface area contributed by atoms with Crippen molar-refractivity contribution in [2.45, 2.75) is 18.8 Å². The lowest BCUT2D eigenvalue weighted by atomic mass is 9.68. The number of halogens is 2. The highest BCUT2D eigenvalue weighted by Gasteiger charge is 2.43. The van der Waals surface area contributed by atoms with Crippen LogP contribution >= 0.6 is 0 Å². The monoisotopic (exact) mass is 419 g/mol. The van der Waals surface area contributed by atoms with Gasteiger partial charge in [0, 0.05) is 31.3 Å². The molecule has 0 unspecified atom stereocenters. The highest BCUT2D eigenvalue weighted by Crippen LogP contribution is 2.45. The Kier molecular flexibility index (Phi) is 6.24. The Morgan fingerprint density at radius 3 is 2.65 bits per heavy atom.